The lowest BCUT2D eigenvalue weighted by Crippen LogP contribution is -2.50. The number of piperazine rings is 1. The lowest BCUT2D eigenvalue weighted by molar-refractivity contribution is -0.123. The number of carbonyl (C=O) groups excluding carboxylic acids is 2. The largest absolute Gasteiger partial charge is 0.351 e. The molecule has 1 saturated carbocycles. The summed E-state index contributed by atoms with van der Waals surface area (Å²) in [5, 5.41) is 9.36. The summed E-state index contributed by atoms with van der Waals surface area (Å²) in [6.07, 6.45) is 5.84. The van der Waals surface area contributed by atoms with Gasteiger partial charge in [-0.3, -0.25) is 14.5 Å². The molecule has 1 aromatic carbocycles. The molecule has 1 unspecified atom stereocenters. The highest BCUT2D eigenvalue weighted by Crippen LogP contribution is 2.20. The third kappa shape index (κ3) is 5.02. The van der Waals surface area contributed by atoms with Crippen LogP contribution in [0.2, 0.25) is 0 Å². The van der Waals surface area contributed by atoms with E-state index in [-0.39, 0.29) is 17.9 Å². The zero-order chi connectivity index (χ0) is 20.2. The van der Waals surface area contributed by atoms with Crippen LogP contribution in [0.1, 0.15) is 40.6 Å². The summed E-state index contributed by atoms with van der Waals surface area (Å²) in [5.74, 6) is 0.887. The average molecular weight is 396 g/mol. The zero-order valence-electron chi connectivity index (χ0n) is 16.7. The Hall–Kier alpha value is -2.71. The Morgan fingerprint density at radius 1 is 1.31 bits per heavy atom. The third-order valence-corrected chi connectivity index (χ3v) is 5.45. The molecule has 1 atom stereocenters. The van der Waals surface area contributed by atoms with Gasteiger partial charge in [-0.15, -0.1) is 0 Å². The number of hydrogen-bond acceptors (Lipinski definition) is 5. The minimum absolute atomic E-state index is 0.0288. The number of amides is 2. The minimum Gasteiger partial charge on any atom is -0.351 e. The number of aryl methyl sites for hydroxylation is 1. The van der Waals surface area contributed by atoms with Crippen LogP contribution in [-0.4, -0.2) is 58.5 Å². The maximum atomic E-state index is 12.6. The summed E-state index contributed by atoms with van der Waals surface area (Å²) in [4.78, 5) is 31.4. The van der Waals surface area contributed by atoms with Gasteiger partial charge in [0.2, 0.25) is 5.91 Å². The van der Waals surface area contributed by atoms with Gasteiger partial charge in [-0.25, -0.2) is 4.98 Å². The second kappa shape index (κ2) is 8.75. The molecule has 1 saturated heterocycles. The fraction of sp³-hybridized carbons (Fsp3) is 0.476. The van der Waals surface area contributed by atoms with Crippen LogP contribution in [0.15, 0.2) is 36.7 Å². The first-order chi connectivity index (χ1) is 14.1. The Morgan fingerprint density at radius 2 is 2.17 bits per heavy atom. The molecule has 2 aromatic rings. The normalized spacial score (nSPS) is 19.7. The molecule has 0 bridgehead atoms. The van der Waals surface area contributed by atoms with Crippen LogP contribution >= 0.6 is 0 Å². The summed E-state index contributed by atoms with van der Waals surface area (Å²) in [6, 6.07) is 7.84. The van der Waals surface area contributed by atoms with Crippen LogP contribution in [0.25, 0.3) is 0 Å². The van der Waals surface area contributed by atoms with E-state index in [1.54, 1.807) is 12.3 Å². The maximum Gasteiger partial charge on any atom is 0.251 e. The van der Waals surface area contributed by atoms with Crippen LogP contribution in [0.3, 0.4) is 0 Å². The second-order valence-electron chi connectivity index (χ2n) is 7.81. The minimum atomic E-state index is -0.0422. The molecule has 154 valence electrons. The van der Waals surface area contributed by atoms with Gasteiger partial charge >= 0.3 is 0 Å². The van der Waals surface area contributed by atoms with Crippen molar-refractivity contribution in [3.05, 3.63) is 53.6 Å². The van der Waals surface area contributed by atoms with Gasteiger partial charge in [-0.2, -0.15) is 0 Å². The Balaban J connectivity index is 1.32. The highest BCUT2D eigenvalue weighted by atomic mass is 16.2. The standard InChI is InChI=1S/C21H28N6O2/c1-26-9-8-23-20(26)18-13-22-7-10-27(18)14-19(28)24-12-15-3-2-4-16(11-15)21(29)25-17-5-6-17/h2-4,8-9,11,17-18,22H,5-7,10,12-14H2,1H3,(H,24,28)(H,25,29). The van der Waals surface area contributed by atoms with Crippen molar-refractivity contribution >= 4 is 11.8 Å². The zero-order valence-corrected chi connectivity index (χ0v) is 16.7. The van der Waals surface area contributed by atoms with Crippen LogP contribution in [0.5, 0.6) is 0 Å². The summed E-state index contributed by atoms with van der Waals surface area (Å²) >= 11 is 0. The summed E-state index contributed by atoms with van der Waals surface area (Å²) in [5.41, 5.74) is 1.56. The van der Waals surface area contributed by atoms with E-state index >= 15 is 0 Å². The van der Waals surface area contributed by atoms with Crippen molar-refractivity contribution in [3.8, 4) is 0 Å². The molecule has 4 rings (SSSR count). The molecule has 1 aliphatic heterocycles. The van der Waals surface area contributed by atoms with Crippen molar-refractivity contribution < 1.29 is 9.59 Å². The Labute approximate surface area is 170 Å². The SMILES string of the molecule is Cn1ccnc1C1CNCCN1CC(=O)NCc1cccc(C(=O)NC2CC2)c1. The number of carbonyl (C=O) groups is 2. The van der Waals surface area contributed by atoms with Crippen molar-refractivity contribution in [1.82, 2.24) is 30.4 Å². The third-order valence-electron chi connectivity index (χ3n) is 5.45. The van der Waals surface area contributed by atoms with E-state index in [2.05, 4.69) is 25.8 Å². The van der Waals surface area contributed by atoms with E-state index in [0.717, 1.165) is 43.9 Å². The molecule has 8 heteroatoms. The number of aromatic nitrogens is 2. The van der Waals surface area contributed by atoms with Gasteiger partial charge in [-0.05, 0) is 30.5 Å². The lowest BCUT2D eigenvalue weighted by Gasteiger charge is -2.35. The fourth-order valence-electron chi connectivity index (χ4n) is 3.65. The van der Waals surface area contributed by atoms with Gasteiger partial charge in [-0.1, -0.05) is 12.1 Å². The van der Waals surface area contributed by atoms with E-state index < -0.39 is 0 Å². The molecule has 0 spiro atoms. The first kappa shape index (κ1) is 19.6. The van der Waals surface area contributed by atoms with E-state index in [9.17, 15) is 9.59 Å². The molecule has 2 aliphatic rings. The highest BCUT2D eigenvalue weighted by molar-refractivity contribution is 5.94. The number of imidazole rings is 1. The van der Waals surface area contributed by atoms with Crippen molar-refractivity contribution in [3.63, 3.8) is 0 Å². The molecule has 1 aliphatic carbocycles. The van der Waals surface area contributed by atoms with Gasteiger partial charge in [0.1, 0.15) is 5.82 Å². The summed E-state index contributed by atoms with van der Waals surface area (Å²) < 4.78 is 2.00. The molecule has 1 aromatic heterocycles. The van der Waals surface area contributed by atoms with Crippen molar-refractivity contribution in [2.24, 2.45) is 7.05 Å². The van der Waals surface area contributed by atoms with Gasteiger partial charge in [0.25, 0.3) is 5.91 Å². The number of benzene rings is 1. The Bertz CT molecular complexity index is 876. The van der Waals surface area contributed by atoms with E-state index in [0.29, 0.717) is 24.7 Å². The first-order valence-electron chi connectivity index (χ1n) is 10.2. The van der Waals surface area contributed by atoms with Gasteiger partial charge in [0, 0.05) is 57.2 Å². The van der Waals surface area contributed by atoms with Crippen LogP contribution in [0, 0.1) is 0 Å². The number of hydrogen-bond donors (Lipinski definition) is 3. The Kier molecular flexibility index (Phi) is 5.92. The van der Waals surface area contributed by atoms with Gasteiger partial charge in [0.15, 0.2) is 0 Å². The molecule has 0 radical (unpaired) electrons. The van der Waals surface area contributed by atoms with Crippen molar-refractivity contribution in [1.29, 1.82) is 0 Å². The van der Waals surface area contributed by atoms with Crippen LogP contribution < -0.4 is 16.0 Å². The Morgan fingerprint density at radius 3 is 2.93 bits per heavy atom. The van der Waals surface area contributed by atoms with E-state index in [4.69, 9.17) is 0 Å². The quantitative estimate of drug-likeness (QED) is 0.637. The molecule has 8 nitrogen and oxygen atoms in total. The molecule has 29 heavy (non-hydrogen) atoms. The number of nitrogens with zero attached hydrogens (tertiary/aromatic N) is 3. The smallest absolute Gasteiger partial charge is 0.251 e. The summed E-state index contributed by atoms with van der Waals surface area (Å²) in [7, 11) is 1.97. The van der Waals surface area contributed by atoms with Gasteiger partial charge < -0.3 is 20.5 Å². The van der Waals surface area contributed by atoms with Crippen molar-refractivity contribution in [2.75, 3.05) is 26.2 Å². The second-order valence-corrected chi connectivity index (χ2v) is 7.81. The summed E-state index contributed by atoms with van der Waals surface area (Å²) in [6.45, 7) is 3.15. The molecule has 2 amide bonds. The molecule has 2 heterocycles. The number of nitrogens with one attached hydrogen (secondary N) is 3. The lowest BCUT2D eigenvalue weighted by atomic mass is 10.1. The predicted octanol–water partition coefficient (Wildman–Crippen LogP) is 0.575. The van der Waals surface area contributed by atoms with Crippen LogP contribution in [-0.2, 0) is 18.4 Å². The maximum absolute atomic E-state index is 12.6. The van der Waals surface area contributed by atoms with E-state index in [1.165, 1.54) is 0 Å². The van der Waals surface area contributed by atoms with E-state index in [1.807, 2.05) is 36.0 Å². The molecular formula is C21H28N6O2. The monoisotopic (exact) mass is 396 g/mol. The highest BCUT2D eigenvalue weighted by Gasteiger charge is 2.28. The average Bonchev–Trinajstić information content (AvgIpc) is 3.44. The number of rotatable bonds is 7. The molecule has 3 N–H and O–H groups in total. The molecular weight excluding hydrogens is 368 g/mol. The van der Waals surface area contributed by atoms with Gasteiger partial charge in [0.05, 0.1) is 12.6 Å². The fourth-order valence-corrected chi connectivity index (χ4v) is 3.65. The topological polar surface area (TPSA) is 91.3 Å². The van der Waals surface area contributed by atoms with Crippen molar-refractivity contribution in [2.45, 2.75) is 31.5 Å². The van der Waals surface area contributed by atoms with Crippen LogP contribution in [0.4, 0.5) is 0 Å². The predicted molar refractivity (Wildman–Crippen MR) is 109 cm³/mol. The first-order valence-corrected chi connectivity index (χ1v) is 10.2. The molecule has 2 fully saturated rings.